The number of carbonyl (C=O) groups is 2. The second-order valence-corrected chi connectivity index (χ2v) is 8.33. The molecule has 0 aliphatic rings. The first-order valence-electron chi connectivity index (χ1n) is 12.4. The van der Waals surface area contributed by atoms with Crippen LogP contribution in [0.4, 0.5) is 0 Å². The quantitative estimate of drug-likeness (QED) is 0.146. The molecule has 0 rings (SSSR count). The lowest BCUT2D eigenvalue weighted by atomic mass is 10.0. The number of unbranched alkanes of at least 4 members (excludes halogenated alkanes) is 12. The molecular formula is C25H48O4. The summed E-state index contributed by atoms with van der Waals surface area (Å²) >= 11 is 0. The highest BCUT2D eigenvalue weighted by molar-refractivity contribution is 5.77. The van der Waals surface area contributed by atoms with Crippen molar-refractivity contribution < 1.29 is 19.1 Å². The Balaban J connectivity index is 3.34. The summed E-state index contributed by atoms with van der Waals surface area (Å²) in [5.74, 6) is -0.167. The van der Waals surface area contributed by atoms with E-state index in [1.165, 1.54) is 70.6 Å². The summed E-state index contributed by atoms with van der Waals surface area (Å²) in [4.78, 5) is 23.3. The molecule has 0 aromatic rings. The molecule has 172 valence electrons. The number of esters is 2. The minimum absolute atomic E-state index is 0.123. The van der Waals surface area contributed by atoms with Crippen LogP contribution in [0, 0.1) is 5.92 Å². The predicted molar refractivity (Wildman–Crippen MR) is 121 cm³/mol. The van der Waals surface area contributed by atoms with Gasteiger partial charge in [-0.15, -0.1) is 0 Å². The summed E-state index contributed by atoms with van der Waals surface area (Å²) in [5.41, 5.74) is 0. The van der Waals surface area contributed by atoms with Gasteiger partial charge in [-0.1, -0.05) is 111 Å². The normalized spacial score (nSPS) is 11.0. The van der Waals surface area contributed by atoms with E-state index in [1.54, 1.807) is 0 Å². The van der Waals surface area contributed by atoms with Crippen LogP contribution in [0.1, 0.15) is 130 Å². The van der Waals surface area contributed by atoms with E-state index in [0.29, 0.717) is 19.1 Å². The molecule has 0 atom stereocenters. The van der Waals surface area contributed by atoms with Crippen LogP contribution in [0.2, 0.25) is 0 Å². The van der Waals surface area contributed by atoms with Crippen molar-refractivity contribution in [2.75, 3.05) is 13.2 Å². The van der Waals surface area contributed by atoms with Crippen LogP contribution in [0.3, 0.4) is 0 Å². The molecule has 4 heteroatoms. The SMILES string of the molecule is CCCCCCCCCCCCCCCOC(=O)CCC(=O)OCC(CC)CC. The Bertz CT molecular complexity index is 377. The first kappa shape index (κ1) is 27.9. The predicted octanol–water partition coefficient (Wildman–Crippen LogP) is 7.38. The summed E-state index contributed by atoms with van der Waals surface area (Å²) in [7, 11) is 0. The van der Waals surface area contributed by atoms with Gasteiger partial charge in [0.1, 0.15) is 0 Å². The Morgan fingerprint density at radius 1 is 0.586 bits per heavy atom. The van der Waals surface area contributed by atoms with E-state index in [9.17, 15) is 9.59 Å². The van der Waals surface area contributed by atoms with Crippen molar-refractivity contribution in [1.29, 1.82) is 0 Å². The standard InChI is InChI=1S/C25H48O4/c1-4-7-8-9-10-11-12-13-14-15-16-17-18-21-28-24(26)19-20-25(27)29-22-23(5-2)6-3/h23H,4-22H2,1-3H3. The molecule has 0 aliphatic carbocycles. The first-order valence-corrected chi connectivity index (χ1v) is 12.4. The molecule has 0 N–H and O–H groups in total. The molecule has 0 fully saturated rings. The molecule has 0 aromatic heterocycles. The Labute approximate surface area is 180 Å². The van der Waals surface area contributed by atoms with E-state index >= 15 is 0 Å². The summed E-state index contributed by atoms with van der Waals surface area (Å²) in [5, 5.41) is 0. The first-order chi connectivity index (χ1) is 14.1. The van der Waals surface area contributed by atoms with Crippen LogP contribution in [0.25, 0.3) is 0 Å². The highest BCUT2D eigenvalue weighted by Gasteiger charge is 2.11. The maximum absolute atomic E-state index is 11.7. The van der Waals surface area contributed by atoms with Gasteiger partial charge in [0.05, 0.1) is 26.1 Å². The fourth-order valence-corrected chi connectivity index (χ4v) is 3.39. The monoisotopic (exact) mass is 412 g/mol. The van der Waals surface area contributed by atoms with E-state index in [2.05, 4.69) is 20.8 Å². The lowest BCUT2D eigenvalue weighted by Gasteiger charge is -2.12. The Morgan fingerprint density at radius 2 is 1.00 bits per heavy atom. The Morgan fingerprint density at radius 3 is 1.45 bits per heavy atom. The summed E-state index contributed by atoms with van der Waals surface area (Å²) in [6.07, 6.45) is 19.2. The van der Waals surface area contributed by atoms with Gasteiger partial charge >= 0.3 is 11.9 Å². The van der Waals surface area contributed by atoms with Gasteiger partial charge in [0.15, 0.2) is 0 Å². The maximum Gasteiger partial charge on any atom is 0.306 e. The largest absolute Gasteiger partial charge is 0.466 e. The molecule has 0 spiro atoms. The van der Waals surface area contributed by atoms with Gasteiger partial charge in [0, 0.05) is 0 Å². The Hall–Kier alpha value is -1.06. The molecule has 4 nitrogen and oxygen atoms in total. The number of rotatable bonds is 21. The van der Waals surface area contributed by atoms with Crippen molar-refractivity contribution >= 4 is 11.9 Å². The number of ether oxygens (including phenoxy) is 2. The van der Waals surface area contributed by atoms with Gasteiger partial charge in [0.25, 0.3) is 0 Å². The van der Waals surface area contributed by atoms with Crippen LogP contribution in [0.15, 0.2) is 0 Å². The average molecular weight is 413 g/mol. The third kappa shape index (κ3) is 20.0. The molecule has 0 amide bonds. The minimum atomic E-state index is -0.296. The van der Waals surface area contributed by atoms with Crippen LogP contribution in [-0.2, 0) is 19.1 Å². The van der Waals surface area contributed by atoms with E-state index in [0.717, 1.165) is 25.7 Å². The second-order valence-electron chi connectivity index (χ2n) is 8.33. The van der Waals surface area contributed by atoms with E-state index < -0.39 is 0 Å². The van der Waals surface area contributed by atoms with Crippen molar-refractivity contribution in [3.05, 3.63) is 0 Å². The third-order valence-corrected chi connectivity index (χ3v) is 5.68. The molecule has 0 heterocycles. The van der Waals surface area contributed by atoms with Crippen molar-refractivity contribution in [3.8, 4) is 0 Å². The molecule has 0 saturated carbocycles. The van der Waals surface area contributed by atoms with Gasteiger partial charge < -0.3 is 9.47 Å². The lowest BCUT2D eigenvalue weighted by Crippen LogP contribution is -2.15. The number of carbonyl (C=O) groups excluding carboxylic acids is 2. The highest BCUT2D eigenvalue weighted by atomic mass is 16.5. The smallest absolute Gasteiger partial charge is 0.306 e. The molecule has 0 bridgehead atoms. The molecule has 0 unspecified atom stereocenters. The zero-order valence-corrected chi connectivity index (χ0v) is 19.6. The van der Waals surface area contributed by atoms with E-state index in [4.69, 9.17) is 9.47 Å². The molecule has 0 saturated heterocycles. The minimum Gasteiger partial charge on any atom is -0.466 e. The zero-order chi connectivity index (χ0) is 21.6. The van der Waals surface area contributed by atoms with E-state index in [-0.39, 0.29) is 24.8 Å². The summed E-state index contributed by atoms with van der Waals surface area (Å²) < 4.78 is 10.4. The van der Waals surface area contributed by atoms with Crippen LogP contribution in [-0.4, -0.2) is 25.2 Å². The average Bonchev–Trinajstić information content (AvgIpc) is 2.73. The van der Waals surface area contributed by atoms with Gasteiger partial charge in [-0.3, -0.25) is 9.59 Å². The van der Waals surface area contributed by atoms with Crippen molar-refractivity contribution in [3.63, 3.8) is 0 Å². The summed E-state index contributed by atoms with van der Waals surface area (Å²) in [6.45, 7) is 7.38. The highest BCUT2D eigenvalue weighted by Crippen LogP contribution is 2.12. The van der Waals surface area contributed by atoms with Crippen molar-refractivity contribution in [2.24, 2.45) is 5.92 Å². The topological polar surface area (TPSA) is 52.6 Å². The molecule has 0 aliphatic heterocycles. The molecule has 0 aromatic carbocycles. The molecule has 0 radical (unpaired) electrons. The second kappa shape index (κ2) is 21.6. The Kier molecular flexibility index (Phi) is 20.9. The summed E-state index contributed by atoms with van der Waals surface area (Å²) in [6, 6.07) is 0. The number of hydrogen-bond acceptors (Lipinski definition) is 4. The van der Waals surface area contributed by atoms with Gasteiger partial charge in [0.2, 0.25) is 0 Å². The number of hydrogen-bond donors (Lipinski definition) is 0. The van der Waals surface area contributed by atoms with Crippen molar-refractivity contribution in [1.82, 2.24) is 0 Å². The fourth-order valence-electron chi connectivity index (χ4n) is 3.39. The van der Waals surface area contributed by atoms with Crippen LogP contribution >= 0.6 is 0 Å². The maximum atomic E-state index is 11.7. The third-order valence-electron chi connectivity index (χ3n) is 5.68. The van der Waals surface area contributed by atoms with Gasteiger partial charge in [-0.05, 0) is 12.3 Å². The van der Waals surface area contributed by atoms with Gasteiger partial charge in [-0.2, -0.15) is 0 Å². The molecular weight excluding hydrogens is 364 g/mol. The van der Waals surface area contributed by atoms with Gasteiger partial charge in [-0.25, -0.2) is 0 Å². The van der Waals surface area contributed by atoms with Crippen LogP contribution < -0.4 is 0 Å². The zero-order valence-electron chi connectivity index (χ0n) is 19.6. The molecule has 29 heavy (non-hydrogen) atoms. The van der Waals surface area contributed by atoms with E-state index in [1.807, 2.05) is 0 Å². The lowest BCUT2D eigenvalue weighted by molar-refractivity contribution is -0.151. The van der Waals surface area contributed by atoms with Crippen molar-refractivity contribution in [2.45, 2.75) is 130 Å². The van der Waals surface area contributed by atoms with Crippen LogP contribution in [0.5, 0.6) is 0 Å². The fraction of sp³-hybridized carbons (Fsp3) is 0.920.